The maximum Gasteiger partial charge on any atom is 0.229 e. The van der Waals surface area contributed by atoms with Crippen molar-refractivity contribution >= 4 is 33.0 Å². The van der Waals surface area contributed by atoms with Gasteiger partial charge in [0.25, 0.3) is 0 Å². The molecule has 152 valence electrons. The van der Waals surface area contributed by atoms with Crippen LogP contribution >= 0.6 is 12.2 Å². The number of nitrogens with two attached hydrogens (primary N) is 1. The van der Waals surface area contributed by atoms with E-state index >= 15 is 0 Å². The molecular weight excluding hydrogens is 390 g/mol. The number of hydrogen-bond acceptors (Lipinski definition) is 3. The molecule has 0 aromatic heterocycles. The van der Waals surface area contributed by atoms with Crippen molar-refractivity contribution in [3.8, 4) is 0 Å². The van der Waals surface area contributed by atoms with Crippen molar-refractivity contribution in [3.63, 3.8) is 0 Å². The highest BCUT2D eigenvalue weighted by molar-refractivity contribution is 7.92. The first kappa shape index (κ1) is 22.2. The number of nitrogens with one attached hydrogen (secondary N) is 1. The van der Waals surface area contributed by atoms with Crippen LogP contribution in [0.4, 0.5) is 5.69 Å². The van der Waals surface area contributed by atoms with Gasteiger partial charge in [0, 0.05) is 18.8 Å². The summed E-state index contributed by atoms with van der Waals surface area (Å²) < 4.78 is 25.0. The van der Waals surface area contributed by atoms with E-state index in [-0.39, 0.29) is 5.41 Å². The lowest BCUT2D eigenvalue weighted by Crippen LogP contribution is -2.36. The topological polar surface area (TPSA) is 75.4 Å². The van der Waals surface area contributed by atoms with Gasteiger partial charge in [-0.1, -0.05) is 57.2 Å². The Morgan fingerprint density at radius 1 is 1.04 bits per heavy atom. The number of rotatable bonds is 7. The number of benzene rings is 2. The van der Waals surface area contributed by atoms with Crippen LogP contribution in [0.25, 0.3) is 0 Å². The van der Waals surface area contributed by atoms with Crippen molar-refractivity contribution in [2.24, 2.45) is 5.73 Å². The van der Waals surface area contributed by atoms with Crippen LogP contribution in [0.2, 0.25) is 0 Å². The fourth-order valence-electron chi connectivity index (χ4n) is 2.82. The molecule has 0 aliphatic carbocycles. The van der Waals surface area contributed by atoms with Crippen LogP contribution < -0.4 is 10.5 Å². The molecule has 0 aliphatic heterocycles. The normalized spacial score (nSPS) is 11.9. The number of thiocarbonyl (C=S) groups is 1. The van der Waals surface area contributed by atoms with Crippen LogP contribution in [-0.2, 0) is 28.4 Å². The van der Waals surface area contributed by atoms with E-state index in [1.807, 2.05) is 17.0 Å². The molecule has 0 radical (unpaired) electrons. The SMILES string of the molecule is CC(C)(C)c1ccc(CN(CCc2ccc(NS(C)(=O)=O)cc2)C(N)=S)cc1. The van der Waals surface area contributed by atoms with Gasteiger partial charge in [0.15, 0.2) is 5.11 Å². The smallest absolute Gasteiger partial charge is 0.229 e. The van der Waals surface area contributed by atoms with E-state index in [1.165, 1.54) is 5.56 Å². The third kappa shape index (κ3) is 7.13. The van der Waals surface area contributed by atoms with Crippen LogP contribution in [0.1, 0.15) is 37.5 Å². The summed E-state index contributed by atoms with van der Waals surface area (Å²) in [6, 6.07) is 15.9. The van der Waals surface area contributed by atoms with Crippen molar-refractivity contribution in [3.05, 3.63) is 65.2 Å². The van der Waals surface area contributed by atoms with Gasteiger partial charge in [-0.2, -0.15) is 0 Å². The predicted octanol–water partition coefficient (Wildman–Crippen LogP) is 3.64. The lowest BCUT2D eigenvalue weighted by Gasteiger charge is -2.24. The van der Waals surface area contributed by atoms with Crippen LogP contribution in [0.15, 0.2) is 48.5 Å². The van der Waals surface area contributed by atoms with Crippen LogP contribution in [0.5, 0.6) is 0 Å². The monoisotopic (exact) mass is 419 g/mol. The number of anilines is 1. The average molecular weight is 420 g/mol. The molecule has 0 fully saturated rings. The van der Waals surface area contributed by atoms with Gasteiger partial charge in [-0.15, -0.1) is 0 Å². The van der Waals surface area contributed by atoms with Gasteiger partial charge in [-0.25, -0.2) is 8.42 Å². The molecule has 0 saturated heterocycles. The second-order valence-electron chi connectivity index (χ2n) is 8.03. The van der Waals surface area contributed by atoms with Gasteiger partial charge in [0.2, 0.25) is 10.0 Å². The summed E-state index contributed by atoms with van der Waals surface area (Å²) in [6.45, 7) is 7.93. The number of sulfonamides is 1. The molecule has 0 amide bonds. The van der Waals surface area contributed by atoms with E-state index in [0.717, 1.165) is 23.8 Å². The molecule has 0 saturated carbocycles. The Balaban J connectivity index is 1.99. The predicted molar refractivity (Wildman–Crippen MR) is 121 cm³/mol. The van der Waals surface area contributed by atoms with E-state index in [0.29, 0.717) is 23.9 Å². The quantitative estimate of drug-likeness (QED) is 0.670. The third-order valence-corrected chi connectivity index (χ3v) is 5.30. The van der Waals surface area contributed by atoms with Crippen LogP contribution in [-0.4, -0.2) is 31.2 Å². The lowest BCUT2D eigenvalue weighted by molar-refractivity contribution is 0.419. The zero-order valence-corrected chi connectivity index (χ0v) is 18.5. The van der Waals surface area contributed by atoms with Crippen molar-refractivity contribution < 1.29 is 8.42 Å². The molecule has 2 aromatic carbocycles. The van der Waals surface area contributed by atoms with Gasteiger partial charge >= 0.3 is 0 Å². The molecule has 28 heavy (non-hydrogen) atoms. The molecule has 2 aromatic rings. The van der Waals surface area contributed by atoms with Gasteiger partial charge in [0.05, 0.1) is 6.26 Å². The fraction of sp³-hybridized carbons (Fsp3) is 0.381. The highest BCUT2D eigenvalue weighted by Crippen LogP contribution is 2.22. The molecule has 3 N–H and O–H groups in total. The minimum atomic E-state index is -3.27. The Morgan fingerprint density at radius 3 is 2.04 bits per heavy atom. The van der Waals surface area contributed by atoms with E-state index in [2.05, 4.69) is 49.8 Å². The molecule has 0 bridgehead atoms. The van der Waals surface area contributed by atoms with E-state index in [9.17, 15) is 8.42 Å². The highest BCUT2D eigenvalue weighted by Gasteiger charge is 2.14. The first-order valence-electron chi connectivity index (χ1n) is 9.14. The van der Waals surface area contributed by atoms with E-state index in [1.54, 1.807) is 12.1 Å². The molecule has 0 atom stereocenters. The van der Waals surface area contributed by atoms with Crippen molar-refractivity contribution in [1.82, 2.24) is 4.90 Å². The molecule has 0 heterocycles. The first-order chi connectivity index (χ1) is 12.9. The second-order valence-corrected chi connectivity index (χ2v) is 10.2. The Labute approximate surface area is 174 Å². The minimum absolute atomic E-state index is 0.125. The van der Waals surface area contributed by atoms with E-state index in [4.69, 9.17) is 18.0 Å². The second kappa shape index (κ2) is 8.92. The Bertz CT molecular complexity index is 900. The first-order valence-corrected chi connectivity index (χ1v) is 11.4. The molecule has 0 unspecified atom stereocenters. The third-order valence-electron chi connectivity index (χ3n) is 4.43. The maximum atomic E-state index is 11.3. The minimum Gasteiger partial charge on any atom is -0.376 e. The van der Waals surface area contributed by atoms with Gasteiger partial charge in [-0.05, 0) is 52.9 Å². The molecular formula is C21H29N3O2S2. The number of nitrogens with zero attached hydrogens (tertiary/aromatic N) is 1. The fourth-order valence-corrected chi connectivity index (χ4v) is 3.54. The zero-order chi connectivity index (χ0) is 20.9. The van der Waals surface area contributed by atoms with Gasteiger partial charge < -0.3 is 10.6 Å². The molecule has 2 rings (SSSR count). The lowest BCUT2D eigenvalue weighted by atomic mass is 9.87. The number of hydrogen-bond donors (Lipinski definition) is 2. The zero-order valence-electron chi connectivity index (χ0n) is 16.9. The summed E-state index contributed by atoms with van der Waals surface area (Å²) in [5.74, 6) is 0. The summed E-state index contributed by atoms with van der Waals surface area (Å²) in [7, 11) is -3.27. The average Bonchev–Trinajstić information content (AvgIpc) is 2.58. The highest BCUT2D eigenvalue weighted by atomic mass is 32.2. The van der Waals surface area contributed by atoms with Crippen molar-refractivity contribution in [1.29, 1.82) is 0 Å². The van der Waals surface area contributed by atoms with Crippen molar-refractivity contribution in [2.45, 2.75) is 39.2 Å². The summed E-state index contributed by atoms with van der Waals surface area (Å²) >= 11 is 5.22. The summed E-state index contributed by atoms with van der Waals surface area (Å²) in [6.07, 6.45) is 1.89. The summed E-state index contributed by atoms with van der Waals surface area (Å²) in [5, 5.41) is 0.371. The Hall–Kier alpha value is -2.12. The summed E-state index contributed by atoms with van der Waals surface area (Å²) in [4.78, 5) is 1.98. The standard InChI is InChI=1S/C21H29N3O2S2/c1-21(2,3)18-9-5-17(6-10-18)15-24(20(22)27)14-13-16-7-11-19(12-8-16)23-28(4,25)26/h5-12,23H,13-15H2,1-4H3,(H2,22,27). The summed E-state index contributed by atoms with van der Waals surface area (Å²) in [5.41, 5.74) is 10.1. The Morgan fingerprint density at radius 2 is 1.57 bits per heavy atom. The molecule has 7 heteroatoms. The van der Waals surface area contributed by atoms with Crippen molar-refractivity contribution in [2.75, 3.05) is 17.5 Å². The van der Waals surface area contributed by atoms with Crippen LogP contribution in [0.3, 0.4) is 0 Å². The Kier molecular flexibility index (Phi) is 7.06. The molecule has 0 spiro atoms. The van der Waals surface area contributed by atoms with Gasteiger partial charge in [0.1, 0.15) is 0 Å². The maximum absolute atomic E-state index is 11.3. The van der Waals surface area contributed by atoms with Crippen LogP contribution in [0, 0.1) is 0 Å². The van der Waals surface area contributed by atoms with Gasteiger partial charge in [-0.3, -0.25) is 4.72 Å². The van der Waals surface area contributed by atoms with E-state index < -0.39 is 10.0 Å². The molecule has 5 nitrogen and oxygen atoms in total. The molecule has 0 aliphatic rings. The largest absolute Gasteiger partial charge is 0.376 e.